The first-order chi connectivity index (χ1) is 10.1. The lowest BCUT2D eigenvalue weighted by molar-refractivity contribution is -0.385. The van der Waals surface area contributed by atoms with Crippen molar-refractivity contribution in [1.82, 2.24) is 9.97 Å². The van der Waals surface area contributed by atoms with Crippen molar-refractivity contribution in [2.75, 3.05) is 11.4 Å². The van der Waals surface area contributed by atoms with E-state index in [4.69, 9.17) is 11.6 Å². The zero-order chi connectivity index (χ0) is 15.0. The first kappa shape index (κ1) is 14.5. The molecule has 0 aromatic carbocycles. The van der Waals surface area contributed by atoms with Crippen LogP contribution in [-0.4, -0.2) is 27.5 Å². The van der Waals surface area contributed by atoms with Gasteiger partial charge in [-0.25, -0.2) is 4.98 Å². The van der Waals surface area contributed by atoms with Crippen molar-refractivity contribution in [3.05, 3.63) is 21.1 Å². The van der Waals surface area contributed by atoms with Gasteiger partial charge in [-0.2, -0.15) is 4.98 Å². The standard InChI is InChI=1S/C14H19ClN4O2/c1-9-12(19(20)21)13(17-14(15)16-9)18-8-4-7-11(18)10-5-2-3-6-10/h10-11H,2-8H2,1H3. The summed E-state index contributed by atoms with van der Waals surface area (Å²) in [5, 5.41) is 11.5. The molecule has 0 bridgehead atoms. The smallest absolute Gasteiger partial charge is 0.332 e. The Hall–Kier alpha value is -1.43. The first-order valence-electron chi connectivity index (χ1n) is 7.53. The summed E-state index contributed by atoms with van der Waals surface area (Å²) in [6.07, 6.45) is 7.10. The second-order valence-electron chi connectivity index (χ2n) is 5.95. The van der Waals surface area contributed by atoms with E-state index in [1.54, 1.807) is 6.92 Å². The molecule has 114 valence electrons. The van der Waals surface area contributed by atoms with Crippen LogP contribution in [0.5, 0.6) is 0 Å². The zero-order valence-electron chi connectivity index (χ0n) is 12.1. The second-order valence-corrected chi connectivity index (χ2v) is 6.29. The van der Waals surface area contributed by atoms with Gasteiger partial charge >= 0.3 is 5.69 Å². The number of hydrogen-bond acceptors (Lipinski definition) is 5. The van der Waals surface area contributed by atoms with E-state index < -0.39 is 0 Å². The van der Waals surface area contributed by atoms with Crippen LogP contribution in [0.15, 0.2) is 0 Å². The normalized spacial score (nSPS) is 23.0. The maximum Gasteiger partial charge on any atom is 0.332 e. The third-order valence-corrected chi connectivity index (χ3v) is 4.88. The summed E-state index contributed by atoms with van der Waals surface area (Å²) in [5.41, 5.74) is 0.344. The quantitative estimate of drug-likeness (QED) is 0.485. The highest BCUT2D eigenvalue weighted by atomic mass is 35.5. The van der Waals surface area contributed by atoms with Gasteiger partial charge in [-0.15, -0.1) is 0 Å². The van der Waals surface area contributed by atoms with Crippen LogP contribution in [0.3, 0.4) is 0 Å². The highest BCUT2D eigenvalue weighted by Gasteiger charge is 2.38. The SMILES string of the molecule is Cc1nc(Cl)nc(N2CCCC2C2CCCC2)c1[N+](=O)[O-]. The summed E-state index contributed by atoms with van der Waals surface area (Å²) in [7, 11) is 0. The lowest BCUT2D eigenvalue weighted by Gasteiger charge is -2.30. The fraction of sp³-hybridized carbons (Fsp3) is 0.714. The average molecular weight is 311 g/mol. The van der Waals surface area contributed by atoms with Crippen molar-refractivity contribution in [1.29, 1.82) is 0 Å². The van der Waals surface area contributed by atoms with Crippen LogP contribution in [0.2, 0.25) is 5.28 Å². The van der Waals surface area contributed by atoms with Gasteiger partial charge in [-0.05, 0) is 50.1 Å². The van der Waals surface area contributed by atoms with E-state index in [-0.39, 0.29) is 15.9 Å². The number of nitro groups is 1. The van der Waals surface area contributed by atoms with Gasteiger partial charge in [-0.1, -0.05) is 12.8 Å². The maximum absolute atomic E-state index is 11.4. The molecule has 1 saturated heterocycles. The number of hydrogen-bond donors (Lipinski definition) is 0. The lowest BCUT2D eigenvalue weighted by Crippen LogP contribution is -2.36. The monoisotopic (exact) mass is 310 g/mol. The summed E-state index contributed by atoms with van der Waals surface area (Å²) < 4.78 is 0. The highest BCUT2D eigenvalue weighted by molar-refractivity contribution is 6.28. The van der Waals surface area contributed by atoms with Gasteiger partial charge in [0.2, 0.25) is 11.1 Å². The Balaban J connectivity index is 2.00. The van der Waals surface area contributed by atoms with E-state index in [2.05, 4.69) is 14.9 Å². The largest absolute Gasteiger partial charge is 0.347 e. The van der Waals surface area contributed by atoms with Crippen LogP contribution >= 0.6 is 11.6 Å². The summed E-state index contributed by atoms with van der Waals surface area (Å²) in [5.74, 6) is 1.04. The Morgan fingerprint density at radius 3 is 2.62 bits per heavy atom. The predicted octanol–water partition coefficient (Wildman–Crippen LogP) is 3.51. The molecular weight excluding hydrogens is 292 g/mol. The molecule has 2 heterocycles. The van der Waals surface area contributed by atoms with Gasteiger partial charge in [0.05, 0.1) is 4.92 Å². The van der Waals surface area contributed by atoms with Crippen molar-refractivity contribution < 1.29 is 4.92 Å². The van der Waals surface area contributed by atoms with Crippen LogP contribution in [0.4, 0.5) is 11.5 Å². The fourth-order valence-electron chi connectivity index (χ4n) is 3.82. The third kappa shape index (κ3) is 2.69. The number of halogens is 1. The molecule has 1 aromatic heterocycles. The van der Waals surface area contributed by atoms with Crippen molar-refractivity contribution in [2.45, 2.75) is 51.5 Å². The molecule has 1 aliphatic heterocycles. The van der Waals surface area contributed by atoms with Crippen molar-refractivity contribution in [3.8, 4) is 0 Å². The Kier molecular flexibility index (Phi) is 3.97. The number of aromatic nitrogens is 2. The molecule has 1 unspecified atom stereocenters. The second kappa shape index (κ2) is 5.75. The molecule has 7 heteroatoms. The maximum atomic E-state index is 11.4. The van der Waals surface area contributed by atoms with Crippen LogP contribution in [0.1, 0.15) is 44.2 Å². The molecule has 6 nitrogen and oxygen atoms in total. The van der Waals surface area contributed by atoms with Gasteiger partial charge in [-0.3, -0.25) is 10.1 Å². The molecule has 2 fully saturated rings. The van der Waals surface area contributed by atoms with Gasteiger partial charge in [0.15, 0.2) is 0 Å². The average Bonchev–Trinajstić information content (AvgIpc) is 3.08. The van der Waals surface area contributed by atoms with E-state index in [1.807, 2.05) is 0 Å². The molecule has 0 N–H and O–H groups in total. The Morgan fingerprint density at radius 2 is 1.95 bits per heavy atom. The van der Waals surface area contributed by atoms with Crippen LogP contribution in [-0.2, 0) is 0 Å². The van der Waals surface area contributed by atoms with Crippen molar-refractivity contribution in [3.63, 3.8) is 0 Å². The zero-order valence-corrected chi connectivity index (χ0v) is 12.8. The van der Waals surface area contributed by atoms with Crippen molar-refractivity contribution in [2.24, 2.45) is 5.92 Å². The molecule has 0 spiro atoms. The van der Waals surface area contributed by atoms with Gasteiger partial charge in [0.1, 0.15) is 5.69 Å². The van der Waals surface area contributed by atoms with Crippen LogP contribution in [0.25, 0.3) is 0 Å². The Labute approximate surface area is 128 Å². The highest BCUT2D eigenvalue weighted by Crippen LogP contribution is 2.40. The minimum Gasteiger partial charge on any atom is -0.347 e. The molecule has 1 aromatic rings. The van der Waals surface area contributed by atoms with Crippen molar-refractivity contribution >= 4 is 23.1 Å². The Bertz CT molecular complexity index is 560. The Morgan fingerprint density at radius 1 is 1.24 bits per heavy atom. The molecule has 0 amide bonds. The van der Waals surface area contributed by atoms with Gasteiger partial charge in [0.25, 0.3) is 0 Å². The molecule has 1 atom stereocenters. The van der Waals surface area contributed by atoms with E-state index in [0.29, 0.717) is 23.5 Å². The lowest BCUT2D eigenvalue weighted by atomic mass is 9.96. The van der Waals surface area contributed by atoms with E-state index in [1.165, 1.54) is 25.7 Å². The van der Waals surface area contributed by atoms with E-state index in [9.17, 15) is 10.1 Å². The third-order valence-electron chi connectivity index (χ3n) is 4.71. The van der Waals surface area contributed by atoms with Gasteiger partial charge < -0.3 is 4.90 Å². The molecule has 1 saturated carbocycles. The molecule has 3 rings (SSSR count). The summed E-state index contributed by atoms with van der Waals surface area (Å²) in [4.78, 5) is 21.2. The molecule has 0 radical (unpaired) electrons. The molecule has 1 aliphatic carbocycles. The predicted molar refractivity (Wildman–Crippen MR) is 80.8 cm³/mol. The number of rotatable bonds is 3. The minimum absolute atomic E-state index is 0.00398. The summed E-state index contributed by atoms with van der Waals surface area (Å²) in [6, 6.07) is 0.358. The van der Waals surface area contributed by atoms with Crippen LogP contribution in [0, 0.1) is 23.0 Å². The van der Waals surface area contributed by atoms with E-state index in [0.717, 1.165) is 19.4 Å². The molecule has 2 aliphatic rings. The van der Waals surface area contributed by atoms with E-state index >= 15 is 0 Å². The molecule has 21 heavy (non-hydrogen) atoms. The van der Waals surface area contributed by atoms with Crippen LogP contribution < -0.4 is 4.90 Å². The number of nitrogens with zero attached hydrogens (tertiary/aromatic N) is 4. The topological polar surface area (TPSA) is 72.2 Å². The minimum atomic E-state index is -0.384. The summed E-state index contributed by atoms with van der Waals surface area (Å²) in [6.45, 7) is 2.44. The summed E-state index contributed by atoms with van der Waals surface area (Å²) >= 11 is 5.94. The first-order valence-corrected chi connectivity index (χ1v) is 7.91. The van der Waals surface area contributed by atoms with Gasteiger partial charge in [0, 0.05) is 12.6 Å². The fourth-order valence-corrected chi connectivity index (χ4v) is 4.03. The molecular formula is C14H19ClN4O2. The number of anilines is 1. The number of aryl methyl sites for hydroxylation is 1.